The van der Waals surface area contributed by atoms with Crippen LogP contribution in [0.3, 0.4) is 0 Å². The van der Waals surface area contributed by atoms with Gasteiger partial charge in [0.25, 0.3) is 0 Å². The number of carbonyl (C=O) groups excluding carboxylic acids is 1. The number of hydrogen-bond donors (Lipinski definition) is 2. The molecule has 0 spiro atoms. The second-order valence-corrected chi connectivity index (χ2v) is 6.57. The molecule has 2 heterocycles. The Morgan fingerprint density at radius 2 is 1.44 bits per heavy atom. The van der Waals surface area contributed by atoms with Gasteiger partial charge in [0.1, 0.15) is 5.69 Å². The second kappa shape index (κ2) is 6.53. The predicted molar refractivity (Wildman–Crippen MR) is 78.2 cm³/mol. The van der Waals surface area contributed by atoms with E-state index in [1.54, 1.807) is 0 Å². The van der Waals surface area contributed by atoms with E-state index in [0.717, 1.165) is 12.8 Å². The molecule has 25 heavy (non-hydrogen) atoms. The molecule has 0 unspecified atom stereocenters. The Hall–Kier alpha value is -1.74. The fourth-order valence-corrected chi connectivity index (χ4v) is 3.89. The Bertz CT molecular complexity index is 671. The minimum Gasteiger partial charge on any atom is -0.393 e. The molecule has 138 valence electrons. The summed E-state index contributed by atoms with van der Waals surface area (Å²) in [5.41, 5.74) is -1.35. The third kappa shape index (κ3) is 2.99. The van der Waals surface area contributed by atoms with E-state index in [1.807, 2.05) is 10.2 Å². The topological polar surface area (TPSA) is 52.6 Å². The molecule has 1 aromatic rings. The Labute approximate surface area is 140 Å². The predicted octanol–water partition coefficient (Wildman–Crippen LogP) is 2.70. The molecular formula is C16H17F5N2O2. The summed E-state index contributed by atoms with van der Waals surface area (Å²) in [6.45, 7) is 1.50. The number of aliphatic hydroxyl groups excluding tert-OH is 1. The molecule has 1 amide bonds. The molecule has 4 nitrogen and oxygen atoms in total. The summed E-state index contributed by atoms with van der Waals surface area (Å²) in [5, 5.41) is 11.6. The maximum atomic E-state index is 13.7. The first kappa shape index (κ1) is 18.1. The largest absolute Gasteiger partial charge is 0.393 e. The lowest BCUT2D eigenvalue weighted by molar-refractivity contribution is -0.123. The molecule has 0 saturated carbocycles. The van der Waals surface area contributed by atoms with Gasteiger partial charge in [-0.1, -0.05) is 0 Å². The zero-order chi connectivity index (χ0) is 18.5. The molecule has 2 N–H and O–H groups in total. The third-order valence-electron chi connectivity index (χ3n) is 5.05. The Balaban J connectivity index is 1.82. The number of amides is 1. The first-order valence-corrected chi connectivity index (χ1v) is 8.00. The van der Waals surface area contributed by atoms with E-state index in [0.29, 0.717) is 12.8 Å². The van der Waals surface area contributed by atoms with Crippen molar-refractivity contribution in [2.24, 2.45) is 0 Å². The van der Waals surface area contributed by atoms with Crippen molar-refractivity contribution in [1.82, 2.24) is 4.90 Å². The summed E-state index contributed by atoms with van der Waals surface area (Å²) < 4.78 is 66.9. The van der Waals surface area contributed by atoms with Gasteiger partial charge in [-0.05, 0) is 32.6 Å². The Morgan fingerprint density at radius 1 is 1.00 bits per heavy atom. The molecule has 2 bridgehead atoms. The molecule has 0 aliphatic carbocycles. The van der Waals surface area contributed by atoms with Gasteiger partial charge in [0.15, 0.2) is 23.3 Å². The molecular weight excluding hydrogens is 347 g/mol. The number of rotatable bonds is 3. The van der Waals surface area contributed by atoms with Crippen LogP contribution in [-0.4, -0.2) is 40.1 Å². The summed E-state index contributed by atoms with van der Waals surface area (Å²) >= 11 is 0. The smallest absolute Gasteiger partial charge is 0.241 e. The number of benzene rings is 1. The zero-order valence-corrected chi connectivity index (χ0v) is 13.3. The molecule has 1 aromatic carbocycles. The fraction of sp³-hybridized carbons (Fsp3) is 0.562. The van der Waals surface area contributed by atoms with Crippen molar-refractivity contribution in [3.05, 3.63) is 29.1 Å². The van der Waals surface area contributed by atoms with Crippen molar-refractivity contribution in [2.45, 2.75) is 56.8 Å². The van der Waals surface area contributed by atoms with E-state index in [-0.39, 0.29) is 12.1 Å². The average Bonchev–Trinajstić information content (AvgIpc) is 2.85. The van der Waals surface area contributed by atoms with Crippen molar-refractivity contribution in [3.8, 4) is 0 Å². The molecule has 2 saturated heterocycles. The lowest BCUT2D eigenvalue weighted by Gasteiger charge is -2.40. The van der Waals surface area contributed by atoms with Crippen molar-refractivity contribution in [3.63, 3.8) is 0 Å². The molecule has 3 atom stereocenters. The highest BCUT2D eigenvalue weighted by molar-refractivity contribution is 5.95. The minimum atomic E-state index is -2.27. The average molecular weight is 364 g/mol. The van der Waals surface area contributed by atoms with Gasteiger partial charge < -0.3 is 10.4 Å². The van der Waals surface area contributed by atoms with Crippen LogP contribution in [0, 0.1) is 29.1 Å². The van der Waals surface area contributed by atoms with Crippen molar-refractivity contribution in [2.75, 3.05) is 5.32 Å². The molecule has 2 aliphatic rings. The van der Waals surface area contributed by atoms with E-state index in [2.05, 4.69) is 0 Å². The van der Waals surface area contributed by atoms with Gasteiger partial charge in [-0.3, -0.25) is 9.69 Å². The summed E-state index contributed by atoms with van der Waals surface area (Å²) in [7, 11) is 0. The maximum absolute atomic E-state index is 13.7. The summed E-state index contributed by atoms with van der Waals surface area (Å²) in [4.78, 5) is 14.2. The molecule has 2 fully saturated rings. The van der Waals surface area contributed by atoms with Crippen LogP contribution >= 0.6 is 0 Å². The summed E-state index contributed by atoms with van der Waals surface area (Å²) in [6.07, 6.45) is 2.07. The molecule has 3 rings (SSSR count). The van der Waals surface area contributed by atoms with Crippen molar-refractivity contribution >= 4 is 11.6 Å². The van der Waals surface area contributed by atoms with E-state index in [9.17, 15) is 31.9 Å². The van der Waals surface area contributed by atoms with Crippen LogP contribution in [0.25, 0.3) is 0 Å². The number of nitrogens with zero attached hydrogens (tertiary/aromatic N) is 1. The molecule has 0 radical (unpaired) electrons. The van der Waals surface area contributed by atoms with Crippen LogP contribution in [0.2, 0.25) is 0 Å². The fourth-order valence-electron chi connectivity index (χ4n) is 3.89. The van der Waals surface area contributed by atoms with E-state index >= 15 is 0 Å². The van der Waals surface area contributed by atoms with Crippen LogP contribution in [0.5, 0.6) is 0 Å². The SMILES string of the molecule is C[C@H](C(=O)Nc1c(F)c(F)c(F)c(F)c1F)N1[C@H]2CC[C@H]1CC(O)C2. The second-order valence-electron chi connectivity index (χ2n) is 6.57. The number of carbonyl (C=O) groups is 1. The van der Waals surface area contributed by atoms with Gasteiger partial charge in [-0.25, -0.2) is 22.0 Å². The monoisotopic (exact) mass is 364 g/mol. The number of aliphatic hydroxyl groups is 1. The maximum Gasteiger partial charge on any atom is 0.241 e. The highest BCUT2D eigenvalue weighted by Gasteiger charge is 2.44. The molecule has 2 aliphatic heterocycles. The first-order valence-electron chi connectivity index (χ1n) is 8.00. The van der Waals surface area contributed by atoms with Crippen LogP contribution in [0.15, 0.2) is 0 Å². The standard InChI is InChI=1S/C16H17F5N2O2/c1-6(23-7-2-3-8(23)5-9(24)4-7)16(25)22-15-13(20)11(18)10(17)12(19)14(15)21/h6-9,24H,2-5H2,1H3,(H,22,25)/t6-,7+,8+/m1/s1. The Morgan fingerprint density at radius 3 is 1.92 bits per heavy atom. The number of halogens is 5. The lowest BCUT2D eigenvalue weighted by Crippen LogP contribution is -2.53. The normalized spacial score (nSPS) is 27.4. The van der Waals surface area contributed by atoms with Crippen molar-refractivity contribution < 1.29 is 31.9 Å². The number of hydrogen-bond acceptors (Lipinski definition) is 3. The number of fused-ring (bicyclic) bond motifs is 2. The molecule has 9 heteroatoms. The van der Waals surface area contributed by atoms with Gasteiger partial charge >= 0.3 is 0 Å². The van der Waals surface area contributed by atoms with E-state index in [4.69, 9.17) is 0 Å². The Kier molecular flexibility index (Phi) is 4.72. The molecule has 0 aromatic heterocycles. The van der Waals surface area contributed by atoms with Crippen LogP contribution in [0.1, 0.15) is 32.6 Å². The first-order chi connectivity index (χ1) is 11.7. The summed E-state index contributed by atoms with van der Waals surface area (Å²) in [6, 6.07) is -0.934. The van der Waals surface area contributed by atoms with Gasteiger partial charge in [0, 0.05) is 12.1 Å². The lowest BCUT2D eigenvalue weighted by atomic mass is 9.98. The van der Waals surface area contributed by atoms with Gasteiger partial charge in [-0.2, -0.15) is 0 Å². The number of anilines is 1. The number of nitrogens with one attached hydrogen (secondary N) is 1. The van der Waals surface area contributed by atoms with Gasteiger partial charge in [0.05, 0.1) is 12.1 Å². The van der Waals surface area contributed by atoms with E-state index < -0.39 is 52.8 Å². The number of piperidine rings is 1. The van der Waals surface area contributed by atoms with Gasteiger partial charge in [0.2, 0.25) is 11.7 Å². The van der Waals surface area contributed by atoms with Crippen LogP contribution < -0.4 is 5.32 Å². The van der Waals surface area contributed by atoms with Crippen LogP contribution in [-0.2, 0) is 4.79 Å². The van der Waals surface area contributed by atoms with Gasteiger partial charge in [-0.15, -0.1) is 0 Å². The highest BCUT2D eigenvalue weighted by Crippen LogP contribution is 2.37. The highest BCUT2D eigenvalue weighted by atomic mass is 19.2. The summed E-state index contributed by atoms with van der Waals surface area (Å²) in [5.74, 6) is -11.5. The third-order valence-corrected chi connectivity index (χ3v) is 5.05. The zero-order valence-electron chi connectivity index (χ0n) is 13.3. The van der Waals surface area contributed by atoms with E-state index in [1.165, 1.54) is 6.92 Å². The van der Waals surface area contributed by atoms with Crippen LogP contribution in [0.4, 0.5) is 27.6 Å². The quantitative estimate of drug-likeness (QED) is 0.493. The van der Waals surface area contributed by atoms with Crippen molar-refractivity contribution in [1.29, 1.82) is 0 Å². The minimum absolute atomic E-state index is 0.0501.